The van der Waals surface area contributed by atoms with Gasteiger partial charge in [0, 0.05) is 22.8 Å². The van der Waals surface area contributed by atoms with Gasteiger partial charge < -0.3 is 10.1 Å². The Labute approximate surface area is 126 Å². The molecule has 1 saturated heterocycles. The monoisotopic (exact) mass is 333 g/mol. The summed E-state index contributed by atoms with van der Waals surface area (Å²) in [4.78, 5) is 9.07. The Morgan fingerprint density at radius 3 is 3.05 bits per heavy atom. The van der Waals surface area contributed by atoms with E-state index in [0.29, 0.717) is 6.61 Å². The van der Waals surface area contributed by atoms with Gasteiger partial charge in [0.1, 0.15) is 5.82 Å². The fourth-order valence-electron chi connectivity index (χ4n) is 2.29. The lowest BCUT2D eigenvalue weighted by atomic mass is 10.1. The van der Waals surface area contributed by atoms with Gasteiger partial charge in [0.25, 0.3) is 0 Å². The molecule has 1 N–H and O–H groups in total. The number of benzene rings is 1. The summed E-state index contributed by atoms with van der Waals surface area (Å²) in [6.07, 6.45) is 1.81. The molecule has 1 aliphatic heterocycles. The molecule has 1 unspecified atom stereocenters. The molecule has 3 rings (SSSR count). The number of rotatable bonds is 2. The summed E-state index contributed by atoms with van der Waals surface area (Å²) >= 11 is 3.51. The van der Waals surface area contributed by atoms with Crippen molar-refractivity contribution in [1.29, 1.82) is 0 Å². The van der Waals surface area contributed by atoms with Crippen LogP contribution in [-0.2, 0) is 4.74 Å². The van der Waals surface area contributed by atoms with E-state index in [9.17, 15) is 0 Å². The Morgan fingerprint density at radius 1 is 1.35 bits per heavy atom. The highest BCUT2D eigenvalue weighted by atomic mass is 79.9. The number of morpholine rings is 1. The average molecular weight is 334 g/mol. The Morgan fingerprint density at radius 2 is 2.25 bits per heavy atom. The predicted molar refractivity (Wildman–Crippen MR) is 81.5 cm³/mol. The predicted octanol–water partition coefficient (Wildman–Crippen LogP) is 2.88. The van der Waals surface area contributed by atoms with Gasteiger partial charge in [-0.05, 0) is 30.7 Å². The highest BCUT2D eigenvalue weighted by molar-refractivity contribution is 9.10. The van der Waals surface area contributed by atoms with E-state index in [1.807, 2.05) is 18.3 Å². The summed E-state index contributed by atoms with van der Waals surface area (Å²) in [5.74, 6) is 0.793. The molecule has 2 aromatic rings. The maximum absolute atomic E-state index is 5.47. The topological polar surface area (TPSA) is 47.0 Å². The molecule has 20 heavy (non-hydrogen) atoms. The van der Waals surface area contributed by atoms with Crippen molar-refractivity contribution in [2.45, 2.75) is 13.0 Å². The fourth-order valence-corrected chi connectivity index (χ4v) is 2.65. The number of hydrogen-bond donors (Lipinski definition) is 1. The van der Waals surface area contributed by atoms with Gasteiger partial charge in [-0.15, -0.1) is 0 Å². The van der Waals surface area contributed by atoms with Crippen LogP contribution in [0.4, 0.5) is 0 Å². The Bertz CT molecular complexity index is 612. The summed E-state index contributed by atoms with van der Waals surface area (Å²) in [5.41, 5.74) is 3.27. The van der Waals surface area contributed by atoms with E-state index >= 15 is 0 Å². The van der Waals surface area contributed by atoms with Crippen LogP contribution in [0, 0.1) is 6.92 Å². The van der Waals surface area contributed by atoms with Gasteiger partial charge in [0.2, 0.25) is 0 Å². The van der Waals surface area contributed by atoms with Crippen LogP contribution in [0.5, 0.6) is 0 Å². The second-order valence-corrected chi connectivity index (χ2v) is 5.76. The zero-order valence-corrected chi connectivity index (χ0v) is 12.9. The van der Waals surface area contributed by atoms with E-state index in [1.54, 1.807) is 0 Å². The summed E-state index contributed by atoms with van der Waals surface area (Å²) < 4.78 is 6.53. The van der Waals surface area contributed by atoms with Crippen molar-refractivity contribution < 1.29 is 4.74 Å². The molecule has 1 aromatic heterocycles. The van der Waals surface area contributed by atoms with Crippen molar-refractivity contribution in [3.05, 3.63) is 46.3 Å². The van der Waals surface area contributed by atoms with Crippen LogP contribution in [0.2, 0.25) is 0 Å². The van der Waals surface area contributed by atoms with E-state index in [4.69, 9.17) is 9.72 Å². The van der Waals surface area contributed by atoms with E-state index < -0.39 is 0 Å². The number of nitrogens with one attached hydrogen (secondary N) is 1. The maximum atomic E-state index is 5.47. The molecule has 0 aliphatic carbocycles. The number of aromatic nitrogens is 2. The molecule has 0 saturated carbocycles. The molecule has 1 aromatic carbocycles. The normalized spacial score (nSPS) is 19.0. The molecule has 104 valence electrons. The van der Waals surface area contributed by atoms with E-state index in [2.05, 4.69) is 45.3 Å². The van der Waals surface area contributed by atoms with Gasteiger partial charge >= 0.3 is 0 Å². The first kappa shape index (κ1) is 13.7. The SMILES string of the molecule is Cc1ccc(Br)cc1-c1ccnc(C2COCCN2)n1. The van der Waals surface area contributed by atoms with Crippen molar-refractivity contribution in [2.75, 3.05) is 19.8 Å². The number of aryl methyl sites for hydroxylation is 1. The van der Waals surface area contributed by atoms with E-state index in [-0.39, 0.29) is 6.04 Å². The molecule has 1 aliphatic rings. The minimum absolute atomic E-state index is 0.0798. The third kappa shape index (κ3) is 2.90. The molecule has 1 atom stereocenters. The molecule has 0 spiro atoms. The van der Waals surface area contributed by atoms with Gasteiger partial charge in [-0.3, -0.25) is 0 Å². The lowest BCUT2D eigenvalue weighted by Crippen LogP contribution is -2.35. The summed E-state index contributed by atoms with van der Waals surface area (Å²) in [5, 5.41) is 3.38. The number of ether oxygens (including phenoxy) is 1. The van der Waals surface area contributed by atoms with Crippen LogP contribution in [0.25, 0.3) is 11.3 Å². The molecule has 2 heterocycles. The van der Waals surface area contributed by atoms with Crippen molar-refractivity contribution in [2.24, 2.45) is 0 Å². The molecular formula is C15H16BrN3O. The van der Waals surface area contributed by atoms with Crippen molar-refractivity contribution in [3.63, 3.8) is 0 Å². The summed E-state index contributed by atoms with van der Waals surface area (Å²) in [6.45, 7) is 4.31. The zero-order valence-electron chi connectivity index (χ0n) is 11.3. The van der Waals surface area contributed by atoms with Crippen molar-refractivity contribution in [3.8, 4) is 11.3 Å². The minimum Gasteiger partial charge on any atom is -0.378 e. The first-order valence-electron chi connectivity index (χ1n) is 6.64. The molecule has 0 bridgehead atoms. The quantitative estimate of drug-likeness (QED) is 0.917. The van der Waals surface area contributed by atoms with Gasteiger partial charge in [0.05, 0.1) is 24.9 Å². The van der Waals surface area contributed by atoms with E-state index in [0.717, 1.165) is 34.7 Å². The van der Waals surface area contributed by atoms with Gasteiger partial charge in [-0.1, -0.05) is 22.0 Å². The Hall–Kier alpha value is -1.30. The van der Waals surface area contributed by atoms with E-state index in [1.165, 1.54) is 5.56 Å². The lowest BCUT2D eigenvalue weighted by Gasteiger charge is -2.22. The second kappa shape index (κ2) is 5.99. The molecule has 0 amide bonds. The molecule has 4 nitrogen and oxygen atoms in total. The average Bonchev–Trinajstić information content (AvgIpc) is 2.51. The third-order valence-corrected chi connectivity index (χ3v) is 3.88. The zero-order chi connectivity index (χ0) is 13.9. The van der Waals surface area contributed by atoms with Crippen LogP contribution in [0.15, 0.2) is 34.9 Å². The lowest BCUT2D eigenvalue weighted by molar-refractivity contribution is 0.0742. The number of hydrogen-bond acceptors (Lipinski definition) is 4. The molecule has 0 radical (unpaired) electrons. The summed E-state index contributed by atoms with van der Waals surface area (Å²) in [6, 6.07) is 8.24. The van der Waals surface area contributed by atoms with Crippen LogP contribution >= 0.6 is 15.9 Å². The first-order valence-corrected chi connectivity index (χ1v) is 7.44. The molecular weight excluding hydrogens is 318 g/mol. The van der Waals surface area contributed by atoms with Crippen molar-refractivity contribution >= 4 is 15.9 Å². The maximum Gasteiger partial charge on any atom is 0.148 e. The van der Waals surface area contributed by atoms with Gasteiger partial charge in [0.15, 0.2) is 0 Å². The smallest absolute Gasteiger partial charge is 0.148 e. The minimum atomic E-state index is 0.0798. The highest BCUT2D eigenvalue weighted by Crippen LogP contribution is 2.26. The number of halogens is 1. The van der Waals surface area contributed by atoms with Crippen LogP contribution in [0.1, 0.15) is 17.4 Å². The third-order valence-electron chi connectivity index (χ3n) is 3.38. The number of nitrogens with zero attached hydrogens (tertiary/aromatic N) is 2. The first-order chi connectivity index (χ1) is 9.74. The summed E-state index contributed by atoms with van der Waals surface area (Å²) in [7, 11) is 0. The largest absolute Gasteiger partial charge is 0.378 e. The Balaban J connectivity index is 1.96. The standard InChI is InChI=1S/C15H16BrN3O/c1-10-2-3-11(16)8-12(10)13-4-5-18-15(19-13)14-9-20-7-6-17-14/h2-5,8,14,17H,6-7,9H2,1H3. The van der Waals surface area contributed by atoms with Crippen LogP contribution in [-0.4, -0.2) is 29.7 Å². The Kier molecular flexibility index (Phi) is 4.10. The second-order valence-electron chi connectivity index (χ2n) is 4.84. The fraction of sp³-hybridized carbons (Fsp3) is 0.333. The van der Waals surface area contributed by atoms with Crippen LogP contribution < -0.4 is 5.32 Å². The molecule has 1 fully saturated rings. The van der Waals surface area contributed by atoms with Gasteiger partial charge in [-0.25, -0.2) is 9.97 Å². The molecule has 5 heteroatoms. The van der Waals surface area contributed by atoms with Gasteiger partial charge in [-0.2, -0.15) is 0 Å². The highest BCUT2D eigenvalue weighted by Gasteiger charge is 2.18. The van der Waals surface area contributed by atoms with Crippen molar-refractivity contribution in [1.82, 2.24) is 15.3 Å². The van der Waals surface area contributed by atoms with Crippen LogP contribution in [0.3, 0.4) is 0 Å².